The second-order valence-corrected chi connectivity index (χ2v) is 7.53. The van der Waals surface area contributed by atoms with Crippen LogP contribution in [0.2, 0.25) is 0 Å². The lowest BCUT2D eigenvalue weighted by molar-refractivity contribution is 0.143. The van der Waals surface area contributed by atoms with Gasteiger partial charge in [-0.25, -0.2) is 22.9 Å². The van der Waals surface area contributed by atoms with Gasteiger partial charge in [-0.2, -0.15) is 4.98 Å². The van der Waals surface area contributed by atoms with Gasteiger partial charge in [0.05, 0.1) is 12.5 Å². The van der Waals surface area contributed by atoms with E-state index in [-0.39, 0.29) is 24.3 Å². The Hall–Kier alpha value is -1.36. The third-order valence-corrected chi connectivity index (χ3v) is 5.61. The van der Waals surface area contributed by atoms with E-state index in [1.54, 1.807) is 18.6 Å². The molecule has 0 aliphatic rings. The summed E-state index contributed by atoms with van der Waals surface area (Å²) >= 11 is 10.9. The fraction of sp³-hybridized carbons (Fsp3) is 0.583. The molecule has 1 unspecified atom stereocenters. The fourth-order valence-electron chi connectivity index (χ4n) is 1.42. The molecule has 0 radical (unpaired) electrons. The van der Waals surface area contributed by atoms with E-state index in [9.17, 15) is 13.2 Å². The zero-order valence-corrected chi connectivity index (χ0v) is 15.6. The molecule has 136 valence electrons. The van der Waals surface area contributed by atoms with Gasteiger partial charge >= 0.3 is 6.03 Å². The van der Waals surface area contributed by atoms with E-state index in [2.05, 4.69) is 15.3 Å². The normalized spacial score (nSPS) is 12.5. The number of anilines is 1. The summed E-state index contributed by atoms with van der Waals surface area (Å²) in [5.74, 6) is -0.231. The summed E-state index contributed by atoms with van der Waals surface area (Å²) in [5.41, 5.74) is 1.25. The average Bonchev–Trinajstić information content (AvgIpc) is 2.50. The predicted molar refractivity (Wildman–Crippen MR) is 90.3 cm³/mol. The summed E-state index contributed by atoms with van der Waals surface area (Å²) in [6.07, 6.45) is 0. The number of urea groups is 1. The number of alkyl halides is 2. The number of nitrogens with one attached hydrogen (secondary N) is 2. The predicted octanol–water partition coefficient (Wildman–Crippen LogP) is 1.37. The van der Waals surface area contributed by atoms with Gasteiger partial charge in [-0.15, -0.1) is 23.2 Å². The largest absolute Gasteiger partial charge is 0.475 e. The number of hydrogen-bond donors (Lipinski definition) is 2. The summed E-state index contributed by atoms with van der Waals surface area (Å²) in [5, 5.41) is 2.21. The molecule has 0 saturated carbocycles. The molecule has 0 saturated heterocycles. The van der Waals surface area contributed by atoms with Gasteiger partial charge in [0.15, 0.2) is 4.71 Å². The van der Waals surface area contributed by atoms with Crippen molar-refractivity contribution in [3.8, 4) is 5.88 Å². The van der Waals surface area contributed by atoms with E-state index >= 15 is 0 Å². The summed E-state index contributed by atoms with van der Waals surface area (Å²) < 4.78 is 33.9. The highest BCUT2D eigenvalue weighted by molar-refractivity contribution is 7.92. The van der Waals surface area contributed by atoms with Crippen LogP contribution >= 0.6 is 23.2 Å². The van der Waals surface area contributed by atoms with E-state index in [1.165, 1.54) is 7.11 Å². The molecule has 1 aromatic heterocycles. The maximum Gasteiger partial charge on any atom is 0.335 e. The van der Waals surface area contributed by atoms with Crippen molar-refractivity contribution < 1.29 is 22.7 Å². The zero-order valence-electron chi connectivity index (χ0n) is 13.3. The number of halogens is 2. The van der Waals surface area contributed by atoms with Gasteiger partial charge in [-0.1, -0.05) is 0 Å². The minimum absolute atomic E-state index is 0.116. The summed E-state index contributed by atoms with van der Waals surface area (Å²) in [6.45, 7) is 4.07. The van der Waals surface area contributed by atoms with Crippen LogP contribution in [-0.2, 0) is 14.8 Å². The van der Waals surface area contributed by atoms with Crippen molar-refractivity contribution in [3.05, 3.63) is 11.3 Å². The van der Waals surface area contributed by atoms with Gasteiger partial charge in [-0.3, -0.25) is 5.32 Å². The van der Waals surface area contributed by atoms with Crippen LogP contribution in [0, 0.1) is 13.8 Å². The molecule has 1 aromatic rings. The Balaban J connectivity index is 2.85. The molecular weight excluding hydrogens is 383 g/mol. The van der Waals surface area contributed by atoms with Crippen LogP contribution in [0.4, 0.5) is 10.7 Å². The topological polar surface area (TPSA) is 120 Å². The van der Waals surface area contributed by atoms with E-state index in [0.29, 0.717) is 17.9 Å². The molecule has 0 aliphatic carbocycles. The van der Waals surface area contributed by atoms with Crippen molar-refractivity contribution >= 4 is 45.2 Å². The van der Waals surface area contributed by atoms with Gasteiger partial charge in [0.25, 0.3) is 10.0 Å². The molecule has 2 N–H and O–H groups in total. The SMILES string of the molecule is COCCOc1nc(NC(=O)NS(=O)(=O)C(Cl)CCl)nc(C)c1C. The molecule has 12 heteroatoms. The second-order valence-electron chi connectivity index (χ2n) is 4.57. The molecule has 1 atom stereocenters. The van der Waals surface area contributed by atoms with Crippen molar-refractivity contribution in [2.24, 2.45) is 0 Å². The molecule has 1 rings (SSSR count). The Morgan fingerprint density at radius 2 is 1.96 bits per heavy atom. The third-order valence-electron chi connectivity index (χ3n) is 2.79. The molecular formula is C12H18Cl2N4O5S. The first-order chi connectivity index (χ1) is 11.2. The van der Waals surface area contributed by atoms with Crippen LogP contribution in [0.3, 0.4) is 0 Å². The van der Waals surface area contributed by atoms with E-state index in [1.807, 2.05) is 0 Å². The highest BCUT2D eigenvalue weighted by Gasteiger charge is 2.25. The number of amides is 2. The van der Waals surface area contributed by atoms with Crippen LogP contribution in [0.1, 0.15) is 11.3 Å². The number of carbonyl (C=O) groups excluding carboxylic acids is 1. The minimum atomic E-state index is -4.11. The van der Waals surface area contributed by atoms with E-state index in [4.69, 9.17) is 32.7 Å². The Bertz CT molecular complexity index is 686. The molecule has 24 heavy (non-hydrogen) atoms. The van der Waals surface area contributed by atoms with Crippen molar-refractivity contribution in [2.45, 2.75) is 18.6 Å². The van der Waals surface area contributed by atoms with Gasteiger partial charge in [0.1, 0.15) is 6.61 Å². The third kappa shape index (κ3) is 5.93. The number of hydrogen-bond acceptors (Lipinski definition) is 7. The number of sulfonamides is 1. The Morgan fingerprint density at radius 3 is 2.54 bits per heavy atom. The highest BCUT2D eigenvalue weighted by atomic mass is 35.5. The van der Waals surface area contributed by atoms with Gasteiger partial charge in [0, 0.05) is 18.4 Å². The van der Waals surface area contributed by atoms with Gasteiger partial charge in [0.2, 0.25) is 11.8 Å². The molecule has 0 aromatic carbocycles. The quantitative estimate of drug-likeness (QED) is 0.499. The second kappa shape index (κ2) is 9.21. The van der Waals surface area contributed by atoms with E-state index in [0.717, 1.165) is 0 Å². The summed E-state index contributed by atoms with van der Waals surface area (Å²) in [4.78, 5) is 19.8. The lowest BCUT2D eigenvalue weighted by Gasteiger charge is -2.13. The van der Waals surface area contributed by atoms with Crippen LogP contribution in [-0.4, -0.2) is 55.3 Å². The zero-order chi connectivity index (χ0) is 18.3. The molecule has 0 fully saturated rings. The first-order valence-electron chi connectivity index (χ1n) is 6.71. The monoisotopic (exact) mass is 400 g/mol. The number of nitrogens with zero attached hydrogens (tertiary/aromatic N) is 2. The lowest BCUT2D eigenvalue weighted by atomic mass is 10.2. The maximum absolute atomic E-state index is 11.8. The standard InChI is InChI=1S/C12H18Cl2N4O5S/c1-7-8(2)15-11(16-10(7)23-5-4-22-3)17-12(19)18-24(20,21)9(14)6-13/h9H,4-6H2,1-3H3,(H2,15,16,17,18,19). The van der Waals surface area contributed by atoms with Crippen LogP contribution in [0.25, 0.3) is 0 Å². The molecule has 9 nitrogen and oxygen atoms in total. The van der Waals surface area contributed by atoms with E-state index < -0.39 is 20.8 Å². The molecule has 0 aliphatic heterocycles. The molecule has 1 heterocycles. The van der Waals surface area contributed by atoms with Crippen molar-refractivity contribution in [2.75, 3.05) is 31.5 Å². The van der Waals surface area contributed by atoms with Crippen LogP contribution in [0.15, 0.2) is 0 Å². The lowest BCUT2D eigenvalue weighted by Crippen LogP contribution is -2.39. The van der Waals surface area contributed by atoms with Gasteiger partial charge in [-0.05, 0) is 13.8 Å². The Labute approximate surface area is 150 Å². The number of methoxy groups -OCH3 is 1. The van der Waals surface area contributed by atoms with Crippen molar-refractivity contribution in [3.63, 3.8) is 0 Å². The first-order valence-corrected chi connectivity index (χ1v) is 9.22. The summed E-state index contributed by atoms with van der Waals surface area (Å²) in [7, 11) is -2.58. The van der Waals surface area contributed by atoms with Crippen molar-refractivity contribution in [1.82, 2.24) is 14.7 Å². The fourth-order valence-corrected chi connectivity index (χ4v) is 2.66. The molecule has 0 bridgehead atoms. The number of aromatic nitrogens is 2. The number of rotatable bonds is 8. The molecule has 0 spiro atoms. The Morgan fingerprint density at radius 1 is 1.29 bits per heavy atom. The van der Waals surface area contributed by atoms with Gasteiger partial charge < -0.3 is 9.47 Å². The van der Waals surface area contributed by atoms with Crippen LogP contribution < -0.4 is 14.8 Å². The summed E-state index contributed by atoms with van der Waals surface area (Å²) in [6, 6.07) is -1.06. The number of aryl methyl sites for hydroxylation is 1. The number of ether oxygens (including phenoxy) is 2. The highest BCUT2D eigenvalue weighted by Crippen LogP contribution is 2.19. The minimum Gasteiger partial charge on any atom is -0.475 e. The van der Waals surface area contributed by atoms with Crippen LogP contribution in [0.5, 0.6) is 5.88 Å². The number of carbonyl (C=O) groups is 1. The van der Waals surface area contributed by atoms with Crippen molar-refractivity contribution in [1.29, 1.82) is 0 Å². The average molecular weight is 401 g/mol. The first kappa shape index (κ1) is 20.7. The molecule has 2 amide bonds. The smallest absolute Gasteiger partial charge is 0.335 e. The maximum atomic E-state index is 11.8. The Kier molecular flexibility index (Phi) is 7.94.